The zero-order valence-electron chi connectivity index (χ0n) is 11.6. The van der Waals surface area contributed by atoms with Crippen LogP contribution in [0.2, 0.25) is 0 Å². The number of hydrogen-bond donors (Lipinski definition) is 1. The Morgan fingerprint density at radius 2 is 2.17 bits per heavy atom. The summed E-state index contributed by atoms with van der Waals surface area (Å²) >= 11 is 0. The van der Waals surface area contributed by atoms with Crippen molar-refractivity contribution in [3.63, 3.8) is 0 Å². The van der Waals surface area contributed by atoms with E-state index >= 15 is 0 Å². The van der Waals surface area contributed by atoms with Crippen molar-refractivity contribution >= 4 is 5.97 Å². The van der Waals surface area contributed by atoms with E-state index in [9.17, 15) is 4.79 Å². The van der Waals surface area contributed by atoms with Crippen LogP contribution in [-0.2, 0) is 19.0 Å². The van der Waals surface area contributed by atoms with Gasteiger partial charge in [0.25, 0.3) is 0 Å². The Bertz CT molecular complexity index is 245. The molecule has 0 aromatic heterocycles. The molecule has 0 saturated carbocycles. The summed E-state index contributed by atoms with van der Waals surface area (Å²) in [5, 5.41) is 3.31. The van der Waals surface area contributed by atoms with E-state index in [1.165, 1.54) is 0 Å². The van der Waals surface area contributed by atoms with Crippen LogP contribution in [0.4, 0.5) is 0 Å². The molecule has 1 rings (SSSR count). The molecule has 0 aromatic rings. The second-order valence-corrected chi connectivity index (χ2v) is 4.79. The van der Waals surface area contributed by atoms with E-state index in [1.807, 2.05) is 13.8 Å². The smallest absolute Gasteiger partial charge is 0.313 e. The molecule has 106 valence electrons. The largest absolute Gasteiger partial charge is 0.463 e. The van der Waals surface area contributed by atoms with Gasteiger partial charge in [0, 0.05) is 6.04 Å². The third-order valence-electron chi connectivity index (χ3n) is 2.82. The van der Waals surface area contributed by atoms with Crippen LogP contribution in [0.1, 0.15) is 27.2 Å². The Morgan fingerprint density at radius 1 is 1.39 bits per heavy atom. The highest BCUT2D eigenvalue weighted by molar-refractivity contribution is 5.73. The van der Waals surface area contributed by atoms with Gasteiger partial charge in [-0.15, -0.1) is 0 Å². The molecule has 18 heavy (non-hydrogen) atoms. The maximum atomic E-state index is 11.9. The van der Waals surface area contributed by atoms with E-state index in [0.29, 0.717) is 26.4 Å². The quantitative estimate of drug-likeness (QED) is 0.520. The maximum absolute atomic E-state index is 11.9. The van der Waals surface area contributed by atoms with Crippen LogP contribution in [-0.4, -0.2) is 51.1 Å². The van der Waals surface area contributed by atoms with Gasteiger partial charge in [-0.3, -0.25) is 4.79 Å². The molecule has 1 heterocycles. The van der Waals surface area contributed by atoms with Gasteiger partial charge in [-0.2, -0.15) is 0 Å². The highest BCUT2D eigenvalue weighted by atomic mass is 16.6. The normalized spacial score (nSPS) is 23.6. The molecule has 0 amide bonds. The van der Waals surface area contributed by atoms with Gasteiger partial charge in [-0.25, -0.2) is 0 Å². The third kappa shape index (κ3) is 5.33. The number of esters is 1. The lowest BCUT2D eigenvalue weighted by atomic mass is 10.0. The molecule has 1 N–H and O–H groups in total. The summed E-state index contributed by atoms with van der Waals surface area (Å²) in [6.07, 6.45) is 1.21. The molecule has 2 unspecified atom stereocenters. The molecule has 0 aliphatic carbocycles. The summed E-state index contributed by atoms with van der Waals surface area (Å²) in [5.74, 6) is -0.371. The van der Waals surface area contributed by atoms with E-state index < -0.39 is 0 Å². The van der Waals surface area contributed by atoms with E-state index in [-0.39, 0.29) is 24.0 Å². The molecular weight excluding hydrogens is 234 g/mol. The van der Waals surface area contributed by atoms with Crippen molar-refractivity contribution in [2.45, 2.75) is 39.3 Å². The van der Waals surface area contributed by atoms with E-state index in [2.05, 4.69) is 12.2 Å². The van der Waals surface area contributed by atoms with E-state index in [4.69, 9.17) is 14.2 Å². The van der Waals surface area contributed by atoms with Gasteiger partial charge in [-0.1, -0.05) is 6.92 Å². The van der Waals surface area contributed by atoms with E-state index in [1.54, 1.807) is 0 Å². The Labute approximate surface area is 109 Å². The zero-order chi connectivity index (χ0) is 13.4. The predicted octanol–water partition coefficient (Wildman–Crippen LogP) is 0.969. The molecule has 1 fully saturated rings. The second kappa shape index (κ2) is 8.45. The number of nitrogens with one attached hydrogen (secondary N) is 1. The minimum Gasteiger partial charge on any atom is -0.463 e. The summed E-state index contributed by atoms with van der Waals surface area (Å²) in [4.78, 5) is 11.9. The van der Waals surface area contributed by atoms with Gasteiger partial charge < -0.3 is 19.5 Å². The third-order valence-corrected chi connectivity index (χ3v) is 2.82. The molecule has 5 nitrogen and oxygen atoms in total. The summed E-state index contributed by atoms with van der Waals surface area (Å²) in [6.45, 7) is 8.70. The molecule has 0 aromatic carbocycles. The number of carbonyl (C=O) groups is 1. The lowest BCUT2D eigenvalue weighted by molar-refractivity contribution is -0.151. The minimum absolute atomic E-state index is 0.0865. The van der Waals surface area contributed by atoms with Crippen molar-refractivity contribution < 1.29 is 19.0 Å². The Balaban J connectivity index is 2.22. The molecule has 2 atom stereocenters. The molecule has 1 saturated heterocycles. The van der Waals surface area contributed by atoms with Crippen molar-refractivity contribution in [2.75, 3.05) is 33.0 Å². The first-order valence-electron chi connectivity index (χ1n) is 6.74. The number of rotatable bonds is 8. The molecular formula is C13H25NO4. The first kappa shape index (κ1) is 15.4. The Morgan fingerprint density at radius 3 is 2.83 bits per heavy atom. The fraction of sp³-hybridized carbons (Fsp3) is 0.923. The van der Waals surface area contributed by atoms with Gasteiger partial charge >= 0.3 is 5.97 Å². The van der Waals surface area contributed by atoms with Crippen LogP contribution in [0.15, 0.2) is 0 Å². The fourth-order valence-corrected chi connectivity index (χ4v) is 1.85. The highest BCUT2D eigenvalue weighted by Crippen LogP contribution is 2.15. The van der Waals surface area contributed by atoms with Gasteiger partial charge in [0.05, 0.1) is 31.8 Å². The van der Waals surface area contributed by atoms with Crippen molar-refractivity contribution in [1.29, 1.82) is 0 Å². The van der Waals surface area contributed by atoms with Crippen LogP contribution < -0.4 is 5.32 Å². The van der Waals surface area contributed by atoms with Crippen molar-refractivity contribution in [3.05, 3.63) is 0 Å². The van der Waals surface area contributed by atoms with Gasteiger partial charge in [0.1, 0.15) is 6.61 Å². The Kier molecular flexibility index (Phi) is 7.23. The minimum atomic E-state index is -0.187. The predicted molar refractivity (Wildman–Crippen MR) is 68.4 cm³/mol. The molecule has 1 aliphatic rings. The van der Waals surface area contributed by atoms with Crippen molar-refractivity contribution in [3.8, 4) is 0 Å². The van der Waals surface area contributed by atoms with Crippen molar-refractivity contribution in [2.24, 2.45) is 5.92 Å². The Hall–Kier alpha value is -0.650. The van der Waals surface area contributed by atoms with Crippen LogP contribution in [0.25, 0.3) is 0 Å². The lowest BCUT2D eigenvalue weighted by Crippen LogP contribution is -2.40. The average Bonchev–Trinajstić information content (AvgIpc) is 2.79. The average molecular weight is 259 g/mol. The van der Waals surface area contributed by atoms with Gasteiger partial charge in [-0.05, 0) is 26.8 Å². The molecule has 1 aliphatic heterocycles. The van der Waals surface area contributed by atoms with Crippen LogP contribution in [0.3, 0.4) is 0 Å². The maximum Gasteiger partial charge on any atom is 0.313 e. The number of ether oxygens (including phenoxy) is 3. The topological polar surface area (TPSA) is 56.8 Å². The monoisotopic (exact) mass is 259 g/mol. The summed E-state index contributed by atoms with van der Waals surface area (Å²) in [6, 6.07) is 0.0865. The SMILES string of the molecule is CCCNC1COCC1C(=O)OCCOC(C)C. The molecule has 5 heteroatoms. The second-order valence-electron chi connectivity index (χ2n) is 4.79. The van der Waals surface area contributed by atoms with Crippen LogP contribution >= 0.6 is 0 Å². The lowest BCUT2D eigenvalue weighted by Gasteiger charge is -2.17. The fourth-order valence-electron chi connectivity index (χ4n) is 1.85. The summed E-state index contributed by atoms with van der Waals surface area (Å²) in [7, 11) is 0. The van der Waals surface area contributed by atoms with Gasteiger partial charge in [0.15, 0.2) is 0 Å². The van der Waals surface area contributed by atoms with Crippen LogP contribution in [0, 0.1) is 5.92 Å². The highest BCUT2D eigenvalue weighted by Gasteiger charge is 2.34. The molecule has 0 spiro atoms. The molecule has 0 bridgehead atoms. The number of hydrogen-bond acceptors (Lipinski definition) is 5. The van der Waals surface area contributed by atoms with Crippen molar-refractivity contribution in [1.82, 2.24) is 5.32 Å². The first-order chi connectivity index (χ1) is 8.65. The van der Waals surface area contributed by atoms with Gasteiger partial charge in [0.2, 0.25) is 0 Å². The zero-order valence-corrected chi connectivity index (χ0v) is 11.6. The summed E-state index contributed by atoms with van der Waals surface area (Å²) in [5.41, 5.74) is 0. The molecule has 0 radical (unpaired) electrons. The standard InChI is InChI=1S/C13H25NO4/c1-4-5-14-12-9-16-8-11(12)13(15)18-7-6-17-10(2)3/h10-12,14H,4-9H2,1-3H3. The summed E-state index contributed by atoms with van der Waals surface area (Å²) < 4.78 is 15.9. The van der Waals surface area contributed by atoms with E-state index in [0.717, 1.165) is 13.0 Å². The number of carbonyl (C=O) groups excluding carboxylic acids is 1. The van der Waals surface area contributed by atoms with Crippen LogP contribution in [0.5, 0.6) is 0 Å². The first-order valence-corrected chi connectivity index (χ1v) is 6.74.